The lowest BCUT2D eigenvalue weighted by molar-refractivity contribution is -0.116. The second-order valence-corrected chi connectivity index (χ2v) is 8.37. The maximum absolute atomic E-state index is 12.8. The van der Waals surface area contributed by atoms with E-state index >= 15 is 0 Å². The zero-order valence-corrected chi connectivity index (χ0v) is 18.5. The fourth-order valence-electron chi connectivity index (χ4n) is 3.05. The largest absolute Gasteiger partial charge is 0.495 e. The lowest BCUT2D eigenvalue weighted by Crippen LogP contribution is -2.35. The van der Waals surface area contributed by atoms with Gasteiger partial charge in [-0.3, -0.25) is 4.79 Å². The first-order valence-corrected chi connectivity index (χ1v) is 11.2. The fourth-order valence-corrected chi connectivity index (χ4v) is 4.54. The SMILES string of the molecule is C=CCN(C(=O)CNc1cc(S(=O)(=O)N(CC)CC)ccc1OC)c1ccccc1. The van der Waals surface area contributed by atoms with Gasteiger partial charge in [0.15, 0.2) is 0 Å². The van der Waals surface area contributed by atoms with Crippen LogP contribution in [0.2, 0.25) is 0 Å². The van der Waals surface area contributed by atoms with Crippen LogP contribution < -0.4 is 15.0 Å². The molecular weight excluding hydrogens is 402 g/mol. The summed E-state index contributed by atoms with van der Waals surface area (Å²) in [6.07, 6.45) is 1.66. The van der Waals surface area contributed by atoms with Gasteiger partial charge in [0, 0.05) is 25.3 Å². The summed E-state index contributed by atoms with van der Waals surface area (Å²) >= 11 is 0. The van der Waals surface area contributed by atoms with Gasteiger partial charge < -0.3 is 15.0 Å². The molecule has 0 saturated carbocycles. The average molecular weight is 432 g/mol. The number of para-hydroxylation sites is 1. The summed E-state index contributed by atoms with van der Waals surface area (Å²) in [7, 11) is -2.13. The number of rotatable bonds is 11. The Balaban J connectivity index is 2.26. The van der Waals surface area contributed by atoms with Crippen LogP contribution >= 0.6 is 0 Å². The molecule has 8 heteroatoms. The van der Waals surface area contributed by atoms with Crippen molar-refractivity contribution in [1.82, 2.24) is 4.31 Å². The molecule has 0 unspecified atom stereocenters. The van der Waals surface area contributed by atoms with Gasteiger partial charge in [0.05, 0.1) is 24.2 Å². The van der Waals surface area contributed by atoms with Gasteiger partial charge in [0.1, 0.15) is 5.75 Å². The molecule has 1 N–H and O–H groups in total. The van der Waals surface area contributed by atoms with E-state index < -0.39 is 10.0 Å². The number of nitrogens with zero attached hydrogens (tertiary/aromatic N) is 2. The highest BCUT2D eigenvalue weighted by molar-refractivity contribution is 7.89. The summed E-state index contributed by atoms with van der Waals surface area (Å²) in [6, 6.07) is 13.9. The van der Waals surface area contributed by atoms with Gasteiger partial charge in [-0.25, -0.2) is 8.42 Å². The summed E-state index contributed by atoms with van der Waals surface area (Å²) in [5, 5.41) is 3.03. The highest BCUT2D eigenvalue weighted by atomic mass is 32.2. The Morgan fingerprint density at radius 3 is 2.37 bits per heavy atom. The molecule has 162 valence electrons. The molecule has 1 amide bonds. The van der Waals surface area contributed by atoms with Crippen LogP contribution in [-0.2, 0) is 14.8 Å². The normalized spacial score (nSPS) is 11.2. The van der Waals surface area contributed by atoms with Crippen LogP contribution in [0, 0.1) is 0 Å². The second kappa shape index (κ2) is 10.8. The predicted octanol–water partition coefficient (Wildman–Crippen LogP) is 3.36. The summed E-state index contributed by atoms with van der Waals surface area (Å²) in [5.41, 5.74) is 1.19. The van der Waals surface area contributed by atoms with E-state index in [0.29, 0.717) is 31.1 Å². The van der Waals surface area contributed by atoms with Crippen LogP contribution in [0.25, 0.3) is 0 Å². The van der Waals surface area contributed by atoms with Crippen LogP contribution in [0.5, 0.6) is 5.75 Å². The lowest BCUT2D eigenvalue weighted by Gasteiger charge is -2.23. The van der Waals surface area contributed by atoms with Crippen LogP contribution in [0.4, 0.5) is 11.4 Å². The van der Waals surface area contributed by atoms with Crippen LogP contribution in [0.1, 0.15) is 13.8 Å². The van der Waals surface area contributed by atoms with Crippen molar-refractivity contribution in [2.75, 3.05) is 43.5 Å². The number of benzene rings is 2. The fraction of sp³-hybridized carbons (Fsp3) is 0.318. The van der Waals surface area contributed by atoms with Crippen molar-refractivity contribution in [3.8, 4) is 5.75 Å². The molecule has 0 radical (unpaired) electrons. The third-order valence-electron chi connectivity index (χ3n) is 4.62. The Kier molecular flexibility index (Phi) is 8.44. The molecule has 0 aliphatic carbocycles. The number of ether oxygens (including phenoxy) is 1. The number of nitrogens with one attached hydrogen (secondary N) is 1. The summed E-state index contributed by atoms with van der Waals surface area (Å²) in [4.78, 5) is 14.6. The average Bonchev–Trinajstić information content (AvgIpc) is 2.76. The Morgan fingerprint density at radius 1 is 1.13 bits per heavy atom. The molecule has 2 aromatic carbocycles. The van der Waals surface area contributed by atoms with Crippen LogP contribution in [-0.4, -0.2) is 51.9 Å². The highest BCUT2D eigenvalue weighted by Crippen LogP contribution is 2.29. The topological polar surface area (TPSA) is 79.0 Å². The number of hydrogen-bond donors (Lipinski definition) is 1. The summed E-state index contributed by atoms with van der Waals surface area (Å²) in [5.74, 6) is 0.274. The molecule has 0 aliphatic heterocycles. The lowest BCUT2D eigenvalue weighted by atomic mass is 10.2. The molecule has 2 rings (SSSR count). The number of anilines is 2. The van der Waals surface area contributed by atoms with E-state index in [-0.39, 0.29) is 17.3 Å². The van der Waals surface area contributed by atoms with Gasteiger partial charge >= 0.3 is 0 Å². The minimum Gasteiger partial charge on any atom is -0.495 e. The first-order valence-electron chi connectivity index (χ1n) is 9.77. The van der Waals surface area contributed by atoms with E-state index in [9.17, 15) is 13.2 Å². The number of hydrogen-bond acceptors (Lipinski definition) is 5. The van der Waals surface area contributed by atoms with Gasteiger partial charge in [0.25, 0.3) is 0 Å². The van der Waals surface area contributed by atoms with Crippen molar-refractivity contribution >= 4 is 27.3 Å². The molecular formula is C22H29N3O4S. The van der Waals surface area contributed by atoms with E-state index in [1.54, 1.807) is 30.9 Å². The van der Waals surface area contributed by atoms with Crippen LogP contribution in [0.15, 0.2) is 66.1 Å². The molecule has 0 saturated heterocycles. The van der Waals surface area contributed by atoms with E-state index in [0.717, 1.165) is 5.69 Å². The maximum Gasteiger partial charge on any atom is 0.246 e. The third kappa shape index (κ3) is 5.40. The quantitative estimate of drug-likeness (QED) is 0.552. The van der Waals surface area contributed by atoms with Gasteiger partial charge in [-0.05, 0) is 30.3 Å². The number of amides is 1. The van der Waals surface area contributed by atoms with Crippen molar-refractivity contribution in [2.24, 2.45) is 0 Å². The standard InChI is InChI=1S/C22H29N3O4S/c1-5-15-25(18-11-9-8-10-12-18)22(26)17-23-20-16-19(13-14-21(20)29-4)30(27,28)24(6-2)7-3/h5,8-14,16,23H,1,6-7,15,17H2,2-4H3. The van der Waals surface area contributed by atoms with E-state index in [4.69, 9.17) is 4.74 Å². The van der Waals surface area contributed by atoms with Crippen molar-refractivity contribution in [3.63, 3.8) is 0 Å². The van der Waals surface area contributed by atoms with Crippen LogP contribution in [0.3, 0.4) is 0 Å². The predicted molar refractivity (Wildman–Crippen MR) is 121 cm³/mol. The summed E-state index contributed by atoms with van der Waals surface area (Å²) < 4.78 is 32.4. The van der Waals surface area contributed by atoms with Gasteiger partial charge in [0.2, 0.25) is 15.9 Å². The number of methoxy groups -OCH3 is 1. The van der Waals surface area contributed by atoms with Crippen molar-refractivity contribution in [2.45, 2.75) is 18.7 Å². The van der Waals surface area contributed by atoms with Gasteiger partial charge in [-0.1, -0.05) is 38.1 Å². The van der Waals surface area contributed by atoms with E-state index in [2.05, 4.69) is 11.9 Å². The smallest absolute Gasteiger partial charge is 0.246 e. The number of sulfonamides is 1. The van der Waals surface area contributed by atoms with Crippen molar-refractivity contribution < 1.29 is 17.9 Å². The molecule has 0 aliphatic rings. The first-order chi connectivity index (χ1) is 14.4. The Bertz CT molecular complexity index is 958. The molecule has 30 heavy (non-hydrogen) atoms. The molecule has 2 aromatic rings. The second-order valence-electron chi connectivity index (χ2n) is 6.43. The molecule has 0 aromatic heterocycles. The number of carbonyl (C=O) groups excluding carboxylic acids is 1. The summed E-state index contributed by atoms with van der Waals surface area (Å²) in [6.45, 7) is 8.38. The first kappa shape index (κ1) is 23.4. The Labute approximate surface area is 179 Å². The zero-order chi connectivity index (χ0) is 22.1. The zero-order valence-electron chi connectivity index (χ0n) is 17.7. The molecule has 0 spiro atoms. The molecule has 0 bridgehead atoms. The number of carbonyl (C=O) groups is 1. The monoisotopic (exact) mass is 431 g/mol. The molecule has 0 heterocycles. The minimum atomic E-state index is -3.63. The van der Waals surface area contributed by atoms with Gasteiger partial charge in [-0.15, -0.1) is 6.58 Å². The molecule has 0 fully saturated rings. The molecule has 0 atom stereocenters. The van der Waals surface area contributed by atoms with Gasteiger partial charge in [-0.2, -0.15) is 4.31 Å². The third-order valence-corrected chi connectivity index (χ3v) is 6.67. The molecule has 7 nitrogen and oxygen atoms in total. The van der Waals surface area contributed by atoms with Crippen molar-refractivity contribution in [1.29, 1.82) is 0 Å². The maximum atomic E-state index is 12.8. The van der Waals surface area contributed by atoms with Crippen molar-refractivity contribution in [3.05, 3.63) is 61.2 Å². The van der Waals surface area contributed by atoms with E-state index in [1.165, 1.54) is 23.5 Å². The van der Waals surface area contributed by atoms with E-state index in [1.807, 2.05) is 30.3 Å². The highest BCUT2D eigenvalue weighted by Gasteiger charge is 2.23. The Hall–Kier alpha value is -2.84. The minimum absolute atomic E-state index is 0.0339. The Morgan fingerprint density at radius 2 is 1.80 bits per heavy atom.